The summed E-state index contributed by atoms with van der Waals surface area (Å²) in [6.45, 7) is 10.2. The number of fused-ring (bicyclic) bond motifs is 1. The molecule has 0 atom stereocenters. The van der Waals surface area contributed by atoms with Crippen LogP contribution < -0.4 is 24.3 Å². The predicted octanol–water partition coefficient (Wildman–Crippen LogP) is 6.17. The van der Waals surface area contributed by atoms with Crippen molar-refractivity contribution >= 4 is 34.5 Å². The number of para-hydroxylation sites is 1. The molecular formula is C36H31N5O4S. The van der Waals surface area contributed by atoms with Crippen LogP contribution in [0.25, 0.3) is 40.1 Å². The number of nitrogens with zero attached hydrogens (tertiary/aromatic N) is 5. The molecule has 3 aromatic carbocycles. The van der Waals surface area contributed by atoms with Crippen LogP contribution in [-0.2, 0) is 0 Å². The molecule has 0 aliphatic carbocycles. The molecule has 0 amide bonds. The fourth-order valence-corrected chi connectivity index (χ4v) is 5.76. The first-order chi connectivity index (χ1) is 22.5. The maximum absolute atomic E-state index is 13.5. The lowest BCUT2D eigenvalue weighted by atomic mass is 10.0. The largest absolute Gasteiger partial charge is 0.493 e. The summed E-state index contributed by atoms with van der Waals surface area (Å²) in [6.07, 6.45) is 10.8. The van der Waals surface area contributed by atoms with Gasteiger partial charge < -0.3 is 14.2 Å². The number of hydrogen-bond acceptors (Lipinski definition) is 8. The highest BCUT2D eigenvalue weighted by Crippen LogP contribution is 2.31. The van der Waals surface area contributed by atoms with E-state index in [4.69, 9.17) is 19.3 Å². The minimum absolute atomic E-state index is 0.249. The lowest BCUT2D eigenvalue weighted by Gasteiger charge is -2.09. The zero-order chi connectivity index (χ0) is 32.0. The number of aryl methyl sites for hydroxylation is 1. The summed E-state index contributed by atoms with van der Waals surface area (Å²) >= 11 is 1.28. The van der Waals surface area contributed by atoms with Crippen LogP contribution in [0.15, 0.2) is 103 Å². The Morgan fingerprint density at radius 2 is 1.72 bits per heavy atom. The molecule has 6 aromatic rings. The van der Waals surface area contributed by atoms with E-state index < -0.39 is 0 Å². The van der Waals surface area contributed by atoms with Crippen molar-refractivity contribution in [1.82, 2.24) is 24.4 Å². The van der Waals surface area contributed by atoms with E-state index in [1.54, 1.807) is 25.3 Å². The molecule has 0 unspecified atom stereocenters. The number of ether oxygens (including phenoxy) is 3. The quantitative estimate of drug-likeness (QED) is 0.150. The standard InChI is InChI=1S/C36H31N5O4S/c1-5-18-44-28-14-15-29(24(3)20-28)34-26(23-40(39-34)27-10-8-7-9-11-27)22-32-35(42)41-36(46-32)37-33(38-41)17-13-25-12-16-30(45-19-6-2)31(21-25)43-4/h5-17,20-23H,1-2,18-19H2,3-4H3/b17-13+,32-22-. The molecule has 0 bridgehead atoms. The van der Waals surface area contributed by atoms with Crippen molar-refractivity contribution in [3.05, 3.63) is 136 Å². The van der Waals surface area contributed by atoms with Gasteiger partial charge in [0.1, 0.15) is 24.7 Å². The molecule has 0 spiro atoms. The molecule has 0 saturated heterocycles. The average Bonchev–Trinajstić information content (AvgIpc) is 3.76. The van der Waals surface area contributed by atoms with Crippen LogP contribution in [0.5, 0.6) is 17.2 Å². The Hall–Kier alpha value is -5.74. The minimum Gasteiger partial charge on any atom is -0.493 e. The van der Waals surface area contributed by atoms with Crippen molar-refractivity contribution < 1.29 is 14.2 Å². The minimum atomic E-state index is -0.249. The van der Waals surface area contributed by atoms with Gasteiger partial charge >= 0.3 is 0 Å². The van der Waals surface area contributed by atoms with Gasteiger partial charge in [0.05, 0.1) is 17.3 Å². The highest BCUT2D eigenvalue weighted by Gasteiger charge is 2.16. The zero-order valence-electron chi connectivity index (χ0n) is 25.4. The van der Waals surface area contributed by atoms with E-state index in [1.807, 2.05) is 96.7 Å². The van der Waals surface area contributed by atoms with Gasteiger partial charge in [-0.05, 0) is 72.7 Å². The number of benzene rings is 3. The average molecular weight is 630 g/mol. The van der Waals surface area contributed by atoms with E-state index in [9.17, 15) is 4.79 Å². The molecule has 0 saturated carbocycles. The molecule has 0 N–H and O–H groups in total. The molecule has 9 nitrogen and oxygen atoms in total. The third kappa shape index (κ3) is 6.38. The molecule has 0 aliphatic rings. The number of aromatic nitrogens is 5. The first-order valence-corrected chi connectivity index (χ1v) is 15.3. The SMILES string of the molecule is C=CCOc1ccc(-c2nn(-c3ccccc3)cc2/C=c2\sc3nc(/C=C/c4ccc(OCC=C)c(OC)c4)nn3c2=O)c(C)c1. The molecule has 6 rings (SSSR count). The second kappa shape index (κ2) is 13.5. The van der Waals surface area contributed by atoms with E-state index in [0.29, 0.717) is 40.0 Å². The summed E-state index contributed by atoms with van der Waals surface area (Å²) in [5.41, 5.74) is 5.00. The Labute approximate surface area is 269 Å². The maximum Gasteiger partial charge on any atom is 0.291 e. The van der Waals surface area contributed by atoms with Crippen LogP contribution in [0.1, 0.15) is 22.5 Å². The van der Waals surface area contributed by atoms with Crippen molar-refractivity contribution in [2.45, 2.75) is 6.92 Å². The highest BCUT2D eigenvalue weighted by molar-refractivity contribution is 7.15. The summed E-state index contributed by atoms with van der Waals surface area (Å²) in [4.78, 5) is 18.6. The second-order valence-electron chi connectivity index (χ2n) is 10.2. The summed E-state index contributed by atoms with van der Waals surface area (Å²) in [5, 5.41) is 9.39. The van der Waals surface area contributed by atoms with Crippen molar-refractivity contribution in [3.63, 3.8) is 0 Å². The Bertz CT molecular complexity index is 2180. The van der Waals surface area contributed by atoms with Crippen LogP contribution >= 0.6 is 11.3 Å². The Kier molecular flexibility index (Phi) is 8.89. The molecule has 46 heavy (non-hydrogen) atoms. The molecule has 0 radical (unpaired) electrons. The fraction of sp³-hybridized carbons (Fsp3) is 0.111. The van der Waals surface area contributed by atoms with Gasteiger partial charge in [-0.2, -0.15) is 14.6 Å². The summed E-state index contributed by atoms with van der Waals surface area (Å²) in [5.74, 6) is 2.40. The smallest absolute Gasteiger partial charge is 0.291 e. The Morgan fingerprint density at radius 3 is 2.46 bits per heavy atom. The van der Waals surface area contributed by atoms with E-state index in [-0.39, 0.29) is 5.56 Å². The van der Waals surface area contributed by atoms with Crippen LogP contribution in [0.3, 0.4) is 0 Å². The number of rotatable bonds is 12. The first kappa shape index (κ1) is 30.3. The number of methoxy groups -OCH3 is 1. The number of hydrogen-bond donors (Lipinski definition) is 0. The van der Waals surface area contributed by atoms with Gasteiger partial charge in [-0.25, -0.2) is 4.68 Å². The lowest BCUT2D eigenvalue weighted by Crippen LogP contribution is -2.23. The molecule has 3 heterocycles. The highest BCUT2D eigenvalue weighted by atomic mass is 32.1. The zero-order valence-corrected chi connectivity index (χ0v) is 26.2. The Balaban J connectivity index is 1.34. The van der Waals surface area contributed by atoms with Gasteiger partial charge in [-0.1, -0.05) is 67.0 Å². The summed E-state index contributed by atoms with van der Waals surface area (Å²) in [7, 11) is 1.59. The first-order valence-electron chi connectivity index (χ1n) is 14.5. The van der Waals surface area contributed by atoms with Gasteiger partial charge in [-0.15, -0.1) is 5.10 Å². The van der Waals surface area contributed by atoms with Crippen LogP contribution in [-0.4, -0.2) is 44.7 Å². The van der Waals surface area contributed by atoms with E-state index >= 15 is 0 Å². The van der Waals surface area contributed by atoms with E-state index in [0.717, 1.165) is 39.4 Å². The van der Waals surface area contributed by atoms with Gasteiger partial charge in [0.25, 0.3) is 5.56 Å². The molecule has 230 valence electrons. The van der Waals surface area contributed by atoms with E-state index in [2.05, 4.69) is 23.2 Å². The third-order valence-electron chi connectivity index (χ3n) is 7.04. The van der Waals surface area contributed by atoms with Crippen LogP contribution in [0.4, 0.5) is 0 Å². The predicted molar refractivity (Wildman–Crippen MR) is 183 cm³/mol. The molecule has 3 aromatic heterocycles. The van der Waals surface area contributed by atoms with Crippen molar-refractivity contribution in [2.75, 3.05) is 20.3 Å². The van der Waals surface area contributed by atoms with Crippen molar-refractivity contribution in [1.29, 1.82) is 0 Å². The van der Waals surface area contributed by atoms with Crippen molar-refractivity contribution in [3.8, 4) is 34.2 Å². The third-order valence-corrected chi connectivity index (χ3v) is 8.00. The topological polar surface area (TPSA) is 92.8 Å². The van der Waals surface area contributed by atoms with Gasteiger partial charge in [0.2, 0.25) is 4.96 Å². The van der Waals surface area contributed by atoms with Crippen LogP contribution in [0.2, 0.25) is 0 Å². The molecular weight excluding hydrogens is 598 g/mol. The number of thiazole rings is 1. The van der Waals surface area contributed by atoms with Crippen molar-refractivity contribution in [2.24, 2.45) is 0 Å². The molecule has 10 heteroatoms. The maximum atomic E-state index is 13.5. The molecule has 0 fully saturated rings. The fourth-order valence-electron chi connectivity index (χ4n) is 4.85. The van der Waals surface area contributed by atoms with Gasteiger partial charge in [0, 0.05) is 17.3 Å². The summed E-state index contributed by atoms with van der Waals surface area (Å²) < 4.78 is 20.5. The second-order valence-corrected chi connectivity index (χ2v) is 11.2. The van der Waals surface area contributed by atoms with Gasteiger partial charge in [-0.3, -0.25) is 4.79 Å². The molecule has 0 aliphatic heterocycles. The summed E-state index contributed by atoms with van der Waals surface area (Å²) in [6, 6.07) is 21.3. The monoisotopic (exact) mass is 629 g/mol. The van der Waals surface area contributed by atoms with E-state index in [1.165, 1.54) is 15.9 Å². The lowest BCUT2D eigenvalue weighted by molar-refractivity contribution is 0.326. The van der Waals surface area contributed by atoms with Gasteiger partial charge in [0.15, 0.2) is 17.3 Å². The van der Waals surface area contributed by atoms with Crippen LogP contribution in [0, 0.1) is 6.92 Å². The Morgan fingerprint density at radius 1 is 0.913 bits per heavy atom. The normalized spacial score (nSPS) is 11.7.